The molecule has 120 valence electrons. The van der Waals surface area contributed by atoms with E-state index in [1.165, 1.54) is 0 Å². The Morgan fingerprint density at radius 2 is 1.77 bits per heavy atom. The summed E-state index contributed by atoms with van der Waals surface area (Å²) in [6, 6.07) is 7.82. The van der Waals surface area contributed by atoms with Gasteiger partial charge in [0.05, 0.1) is 5.41 Å². The van der Waals surface area contributed by atoms with Gasteiger partial charge in [-0.05, 0) is 51.3 Å². The van der Waals surface area contributed by atoms with Gasteiger partial charge in [-0.1, -0.05) is 23.7 Å². The molecule has 1 heterocycles. The minimum atomic E-state index is -0.297. The predicted molar refractivity (Wildman–Crippen MR) is 90.3 cm³/mol. The van der Waals surface area contributed by atoms with Gasteiger partial charge in [0.1, 0.15) is 0 Å². The highest BCUT2D eigenvalue weighted by Gasteiger charge is 2.53. The van der Waals surface area contributed by atoms with E-state index >= 15 is 0 Å². The second-order valence-corrected chi connectivity index (χ2v) is 7.98. The van der Waals surface area contributed by atoms with Gasteiger partial charge >= 0.3 is 0 Å². The third-order valence-electron chi connectivity index (χ3n) is 5.05. The van der Waals surface area contributed by atoms with Gasteiger partial charge in [0.15, 0.2) is 0 Å². The number of piperazine rings is 1. The van der Waals surface area contributed by atoms with E-state index in [2.05, 4.69) is 30.6 Å². The number of nitrogens with zero attached hydrogens (tertiary/aromatic N) is 2. The quantitative estimate of drug-likeness (QED) is 0.834. The monoisotopic (exact) mass is 320 g/mol. The number of benzene rings is 1. The molecule has 0 radical (unpaired) electrons. The van der Waals surface area contributed by atoms with E-state index in [9.17, 15) is 4.79 Å². The van der Waals surface area contributed by atoms with E-state index in [4.69, 9.17) is 11.6 Å². The van der Waals surface area contributed by atoms with Crippen molar-refractivity contribution in [3.63, 3.8) is 0 Å². The van der Waals surface area contributed by atoms with E-state index in [0.29, 0.717) is 10.9 Å². The molecule has 1 saturated heterocycles. The molecule has 1 saturated carbocycles. The van der Waals surface area contributed by atoms with Crippen LogP contribution in [0.2, 0.25) is 5.02 Å². The molecule has 2 fully saturated rings. The molecule has 0 N–H and O–H groups in total. The highest BCUT2D eigenvalue weighted by molar-refractivity contribution is 6.30. The predicted octanol–water partition coefficient (Wildman–Crippen LogP) is 3.31. The lowest BCUT2D eigenvalue weighted by molar-refractivity contribution is -0.136. The summed E-state index contributed by atoms with van der Waals surface area (Å²) in [7, 11) is 0. The zero-order valence-corrected chi connectivity index (χ0v) is 14.5. The third kappa shape index (κ3) is 2.89. The summed E-state index contributed by atoms with van der Waals surface area (Å²) in [4.78, 5) is 17.5. The minimum Gasteiger partial charge on any atom is -0.339 e. The molecular formula is C18H25ClN2O. The highest BCUT2D eigenvalue weighted by Crippen LogP contribution is 2.50. The summed E-state index contributed by atoms with van der Waals surface area (Å²) in [5.41, 5.74) is 0.969. The fraction of sp³-hybridized carbons (Fsp3) is 0.611. The molecule has 0 aromatic heterocycles. The van der Waals surface area contributed by atoms with Crippen LogP contribution in [0.15, 0.2) is 24.3 Å². The van der Waals surface area contributed by atoms with Gasteiger partial charge in [0.2, 0.25) is 5.91 Å². The van der Waals surface area contributed by atoms with Gasteiger partial charge in [0.25, 0.3) is 0 Å². The van der Waals surface area contributed by atoms with Crippen molar-refractivity contribution in [3.8, 4) is 0 Å². The van der Waals surface area contributed by atoms with Crippen molar-refractivity contribution >= 4 is 17.5 Å². The van der Waals surface area contributed by atoms with Gasteiger partial charge in [-0.2, -0.15) is 0 Å². The Hall–Kier alpha value is -1.06. The maximum Gasteiger partial charge on any atom is 0.233 e. The number of carbonyl (C=O) groups is 1. The third-order valence-corrected chi connectivity index (χ3v) is 5.29. The Labute approximate surface area is 138 Å². The summed E-state index contributed by atoms with van der Waals surface area (Å²) in [6.45, 7) is 10.3. The van der Waals surface area contributed by atoms with Gasteiger partial charge < -0.3 is 4.90 Å². The molecule has 0 unspecified atom stereocenters. The first kappa shape index (κ1) is 15.8. The fourth-order valence-corrected chi connectivity index (χ4v) is 3.61. The first-order valence-corrected chi connectivity index (χ1v) is 8.51. The van der Waals surface area contributed by atoms with E-state index in [1.54, 1.807) is 0 Å². The molecule has 4 heteroatoms. The van der Waals surface area contributed by atoms with Gasteiger partial charge in [-0.25, -0.2) is 0 Å². The molecular weight excluding hydrogens is 296 g/mol. The maximum absolute atomic E-state index is 13.0. The van der Waals surface area contributed by atoms with Crippen LogP contribution in [0, 0.1) is 0 Å². The van der Waals surface area contributed by atoms with Crippen LogP contribution in [0.5, 0.6) is 0 Å². The molecule has 1 amide bonds. The molecule has 22 heavy (non-hydrogen) atoms. The first-order chi connectivity index (χ1) is 10.3. The summed E-state index contributed by atoms with van der Waals surface area (Å²) in [5.74, 6) is 0.295. The van der Waals surface area contributed by atoms with Crippen LogP contribution in [-0.2, 0) is 10.2 Å². The Morgan fingerprint density at radius 1 is 1.14 bits per heavy atom. The van der Waals surface area contributed by atoms with Crippen LogP contribution >= 0.6 is 11.6 Å². The average Bonchev–Trinajstić information content (AvgIpc) is 3.27. The largest absolute Gasteiger partial charge is 0.339 e. The molecule has 3 nitrogen and oxygen atoms in total. The number of hydrogen-bond donors (Lipinski definition) is 0. The van der Waals surface area contributed by atoms with Gasteiger partial charge in [-0.3, -0.25) is 9.69 Å². The molecule has 0 atom stereocenters. The smallest absolute Gasteiger partial charge is 0.233 e. The summed E-state index contributed by atoms with van der Waals surface area (Å²) in [5, 5.41) is 0.717. The summed E-state index contributed by atoms with van der Waals surface area (Å²) >= 11 is 6.11. The molecule has 0 spiro atoms. The van der Waals surface area contributed by atoms with Crippen LogP contribution in [0.3, 0.4) is 0 Å². The molecule has 1 aliphatic carbocycles. The zero-order chi connectivity index (χ0) is 16.0. The number of carbonyl (C=O) groups excluding carboxylic acids is 1. The lowest BCUT2D eigenvalue weighted by Crippen LogP contribution is -2.56. The zero-order valence-electron chi connectivity index (χ0n) is 13.7. The molecule has 3 rings (SSSR count). The fourth-order valence-electron chi connectivity index (χ4n) is 3.42. The first-order valence-electron chi connectivity index (χ1n) is 8.13. The van der Waals surface area contributed by atoms with Crippen molar-refractivity contribution in [1.29, 1.82) is 0 Å². The van der Waals surface area contributed by atoms with E-state index in [1.807, 2.05) is 24.3 Å². The van der Waals surface area contributed by atoms with Crippen LogP contribution in [0.1, 0.15) is 39.2 Å². The summed E-state index contributed by atoms with van der Waals surface area (Å²) < 4.78 is 0. The molecule has 1 aliphatic heterocycles. The molecule has 1 aromatic rings. The Balaban J connectivity index is 1.70. The normalized spacial score (nSPS) is 21.7. The number of rotatable bonds is 2. The van der Waals surface area contributed by atoms with Crippen LogP contribution in [0.4, 0.5) is 0 Å². The average molecular weight is 321 g/mol. The molecule has 2 aliphatic rings. The van der Waals surface area contributed by atoms with Gasteiger partial charge in [-0.15, -0.1) is 0 Å². The van der Waals surface area contributed by atoms with Crippen LogP contribution < -0.4 is 0 Å². The maximum atomic E-state index is 13.0. The lowest BCUT2D eigenvalue weighted by Gasteiger charge is -2.43. The van der Waals surface area contributed by atoms with E-state index < -0.39 is 0 Å². The van der Waals surface area contributed by atoms with Gasteiger partial charge in [0, 0.05) is 36.7 Å². The standard InChI is InChI=1S/C18H25ClN2O/c1-17(2,3)21-11-9-20(10-12-21)16(22)18(7-8-18)14-5-4-6-15(19)13-14/h4-6,13H,7-12H2,1-3H3. The molecule has 1 aromatic carbocycles. The second kappa shape index (κ2) is 5.54. The van der Waals surface area contributed by atoms with Crippen LogP contribution in [-0.4, -0.2) is 47.4 Å². The second-order valence-electron chi connectivity index (χ2n) is 7.54. The number of hydrogen-bond acceptors (Lipinski definition) is 2. The number of halogens is 1. The van der Waals surface area contributed by atoms with Crippen molar-refractivity contribution in [2.45, 2.75) is 44.6 Å². The summed E-state index contributed by atoms with van der Waals surface area (Å²) in [6.07, 6.45) is 1.90. The Kier molecular flexibility index (Phi) is 3.98. The van der Waals surface area contributed by atoms with Crippen molar-refractivity contribution in [2.24, 2.45) is 0 Å². The highest BCUT2D eigenvalue weighted by atomic mass is 35.5. The minimum absolute atomic E-state index is 0.180. The Bertz CT molecular complexity index is 567. The number of amides is 1. The molecule has 0 bridgehead atoms. The van der Waals surface area contributed by atoms with Crippen molar-refractivity contribution in [1.82, 2.24) is 9.80 Å². The lowest BCUT2D eigenvalue weighted by atomic mass is 9.94. The van der Waals surface area contributed by atoms with E-state index in [-0.39, 0.29) is 11.0 Å². The van der Waals surface area contributed by atoms with Crippen molar-refractivity contribution < 1.29 is 4.79 Å². The Morgan fingerprint density at radius 3 is 2.27 bits per heavy atom. The SMILES string of the molecule is CC(C)(C)N1CCN(C(=O)C2(c3cccc(Cl)c3)CC2)CC1. The van der Waals surface area contributed by atoms with E-state index in [0.717, 1.165) is 44.6 Å². The van der Waals surface area contributed by atoms with Crippen LogP contribution in [0.25, 0.3) is 0 Å². The van der Waals surface area contributed by atoms with Crippen molar-refractivity contribution in [3.05, 3.63) is 34.9 Å². The topological polar surface area (TPSA) is 23.6 Å². The van der Waals surface area contributed by atoms with Crippen molar-refractivity contribution in [2.75, 3.05) is 26.2 Å².